The normalized spacial score (nSPS) is 20.8. The maximum Gasteiger partial charge on any atom is 0.255 e. The molecule has 2 fully saturated rings. The summed E-state index contributed by atoms with van der Waals surface area (Å²) >= 11 is 0. The number of benzene rings is 3. The average Bonchev–Trinajstić information content (AvgIpc) is 3.61. The lowest BCUT2D eigenvalue weighted by Gasteiger charge is -2.44. The fourth-order valence-corrected chi connectivity index (χ4v) is 5.82. The molecule has 0 unspecified atom stereocenters. The van der Waals surface area contributed by atoms with Crippen LogP contribution in [0.2, 0.25) is 0 Å². The van der Waals surface area contributed by atoms with Gasteiger partial charge in [0.25, 0.3) is 5.91 Å². The van der Waals surface area contributed by atoms with Crippen LogP contribution in [0.5, 0.6) is 11.5 Å². The second kappa shape index (κ2) is 8.72. The first-order valence-electron chi connectivity index (χ1n) is 12.8. The van der Waals surface area contributed by atoms with E-state index in [0.29, 0.717) is 5.56 Å². The molecule has 6 rings (SSSR count). The molecule has 35 heavy (non-hydrogen) atoms. The van der Waals surface area contributed by atoms with E-state index in [-0.39, 0.29) is 29.3 Å². The molecule has 0 radical (unpaired) electrons. The van der Waals surface area contributed by atoms with Crippen molar-refractivity contribution in [3.8, 4) is 11.5 Å². The number of phenolic OH excluding ortho intramolecular Hbond substituents is 1. The molecule has 5 nitrogen and oxygen atoms in total. The number of carbonyl (C=O) groups is 1. The third-order valence-corrected chi connectivity index (χ3v) is 7.74. The third-order valence-electron chi connectivity index (χ3n) is 7.74. The molecule has 1 amide bonds. The Labute approximate surface area is 206 Å². The van der Waals surface area contributed by atoms with Gasteiger partial charge in [0.2, 0.25) is 0 Å². The van der Waals surface area contributed by atoms with Gasteiger partial charge in [0.1, 0.15) is 17.6 Å². The smallest absolute Gasteiger partial charge is 0.255 e. The first-order chi connectivity index (χ1) is 17.1. The number of carbonyl (C=O) groups excluding carboxylic acids is 1. The second-order valence-corrected chi connectivity index (χ2v) is 10.3. The van der Waals surface area contributed by atoms with E-state index in [1.165, 1.54) is 6.42 Å². The number of phenols is 1. The zero-order valence-corrected chi connectivity index (χ0v) is 20.2. The van der Waals surface area contributed by atoms with Gasteiger partial charge >= 0.3 is 0 Å². The summed E-state index contributed by atoms with van der Waals surface area (Å²) in [7, 11) is 0. The number of aromatic hydroxyl groups is 1. The Balaban J connectivity index is 1.33. The maximum atomic E-state index is 13.9. The van der Waals surface area contributed by atoms with Crippen LogP contribution in [0.15, 0.2) is 72.8 Å². The third kappa shape index (κ3) is 4.08. The monoisotopic (exact) mass is 468 g/mol. The van der Waals surface area contributed by atoms with E-state index in [9.17, 15) is 9.90 Å². The summed E-state index contributed by atoms with van der Waals surface area (Å²) in [4.78, 5) is 18.4. The lowest BCUT2D eigenvalue weighted by atomic mass is 9.82. The first kappa shape index (κ1) is 22.2. The number of fused-ring (bicyclic) bond motifs is 1. The van der Waals surface area contributed by atoms with E-state index in [1.807, 2.05) is 54.6 Å². The summed E-state index contributed by atoms with van der Waals surface area (Å²) in [5.74, 6) is 1.22. The van der Waals surface area contributed by atoms with Crippen LogP contribution in [-0.2, 0) is 6.42 Å². The van der Waals surface area contributed by atoms with Crippen LogP contribution in [0.1, 0.15) is 59.3 Å². The second-order valence-electron chi connectivity index (χ2n) is 10.3. The Kier molecular flexibility index (Phi) is 5.53. The van der Waals surface area contributed by atoms with Gasteiger partial charge in [-0.2, -0.15) is 0 Å². The van der Waals surface area contributed by atoms with Crippen molar-refractivity contribution in [3.05, 3.63) is 95.1 Å². The van der Waals surface area contributed by atoms with E-state index >= 15 is 0 Å². The number of likely N-dealkylation sites (tertiary alicyclic amines) is 1. The van der Waals surface area contributed by atoms with Crippen LogP contribution >= 0.6 is 0 Å². The van der Waals surface area contributed by atoms with Crippen LogP contribution in [-0.4, -0.2) is 52.1 Å². The van der Waals surface area contributed by atoms with Crippen molar-refractivity contribution in [3.63, 3.8) is 0 Å². The molecular weight excluding hydrogens is 436 g/mol. The Bertz CT molecular complexity index is 1210. The van der Waals surface area contributed by atoms with Crippen LogP contribution in [0.25, 0.3) is 0 Å². The molecule has 1 atom stereocenters. The summed E-state index contributed by atoms with van der Waals surface area (Å²) in [6.07, 6.45) is 4.16. The molecule has 0 bridgehead atoms. The minimum atomic E-state index is -0.202. The maximum absolute atomic E-state index is 13.9. The number of hydrogen-bond acceptors (Lipinski definition) is 4. The van der Waals surface area contributed by atoms with Gasteiger partial charge in [-0.05, 0) is 85.3 Å². The number of rotatable bonds is 6. The van der Waals surface area contributed by atoms with Gasteiger partial charge in [-0.1, -0.05) is 43.3 Å². The molecule has 5 heteroatoms. The molecule has 3 aromatic carbocycles. The first-order valence-corrected chi connectivity index (χ1v) is 12.8. The molecule has 3 aliphatic rings. The highest BCUT2D eigenvalue weighted by molar-refractivity contribution is 5.96. The van der Waals surface area contributed by atoms with Crippen LogP contribution < -0.4 is 4.74 Å². The molecule has 1 saturated heterocycles. The van der Waals surface area contributed by atoms with Gasteiger partial charge in [0.15, 0.2) is 0 Å². The van der Waals surface area contributed by atoms with Crippen molar-refractivity contribution in [2.75, 3.05) is 19.6 Å². The molecule has 3 aromatic rings. The van der Waals surface area contributed by atoms with Gasteiger partial charge in [-0.15, -0.1) is 0 Å². The molecule has 2 heterocycles. The Morgan fingerprint density at radius 2 is 1.77 bits per heavy atom. The summed E-state index contributed by atoms with van der Waals surface area (Å²) in [5.41, 5.74) is 3.82. The standard InChI is InChI=1S/C30H32N2O3/c1-2-16-31-19-26(20-31)35-25-11-8-21(9-12-25)28-27-13-10-24(33)17-23(27)18-30(14-15-30)32(28)29(34)22-6-4-3-5-7-22/h3-13,17,26,28,33H,2,14-16,18-20H2,1H3/t28-/m1/s1. The van der Waals surface area contributed by atoms with Crippen molar-refractivity contribution in [2.45, 2.75) is 50.3 Å². The lowest BCUT2D eigenvalue weighted by Crippen LogP contribution is -2.53. The van der Waals surface area contributed by atoms with Gasteiger partial charge in [0, 0.05) is 24.2 Å². The lowest BCUT2D eigenvalue weighted by molar-refractivity contribution is 0.0202. The summed E-state index contributed by atoms with van der Waals surface area (Å²) in [6, 6.07) is 23.3. The molecule has 1 spiro atoms. The highest BCUT2D eigenvalue weighted by Gasteiger charge is 2.56. The summed E-state index contributed by atoms with van der Waals surface area (Å²) in [5, 5.41) is 10.2. The van der Waals surface area contributed by atoms with Gasteiger partial charge in [-0.3, -0.25) is 9.69 Å². The number of nitrogens with zero attached hydrogens (tertiary/aromatic N) is 2. The Hall–Kier alpha value is -3.31. The topological polar surface area (TPSA) is 53.0 Å². The quantitative estimate of drug-likeness (QED) is 0.541. The fraction of sp³-hybridized carbons (Fsp3) is 0.367. The summed E-state index contributed by atoms with van der Waals surface area (Å²) < 4.78 is 6.20. The van der Waals surface area contributed by atoms with E-state index in [1.54, 1.807) is 6.07 Å². The average molecular weight is 469 g/mol. The Morgan fingerprint density at radius 3 is 2.46 bits per heavy atom. The predicted molar refractivity (Wildman–Crippen MR) is 136 cm³/mol. The van der Waals surface area contributed by atoms with Crippen LogP contribution in [0.3, 0.4) is 0 Å². The molecule has 1 saturated carbocycles. The van der Waals surface area contributed by atoms with E-state index in [0.717, 1.165) is 61.3 Å². The van der Waals surface area contributed by atoms with Crippen LogP contribution in [0.4, 0.5) is 0 Å². The highest BCUT2D eigenvalue weighted by Crippen LogP contribution is 2.55. The predicted octanol–water partition coefficient (Wildman–Crippen LogP) is 5.19. The van der Waals surface area contributed by atoms with Crippen molar-refractivity contribution < 1.29 is 14.6 Å². The van der Waals surface area contributed by atoms with Crippen molar-refractivity contribution in [2.24, 2.45) is 0 Å². The zero-order valence-electron chi connectivity index (χ0n) is 20.2. The molecule has 1 aliphatic carbocycles. The fourth-order valence-electron chi connectivity index (χ4n) is 5.82. The van der Waals surface area contributed by atoms with E-state index < -0.39 is 0 Å². The number of ether oxygens (including phenoxy) is 1. The van der Waals surface area contributed by atoms with Crippen molar-refractivity contribution >= 4 is 5.91 Å². The van der Waals surface area contributed by atoms with E-state index in [4.69, 9.17) is 4.74 Å². The van der Waals surface area contributed by atoms with Crippen LogP contribution in [0, 0.1) is 0 Å². The van der Waals surface area contributed by atoms with Crippen molar-refractivity contribution in [1.29, 1.82) is 0 Å². The minimum Gasteiger partial charge on any atom is -0.508 e. The Morgan fingerprint density at radius 1 is 1.03 bits per heavy atom. The molecule has 180 valence electrons. The molecular formula is C30H32N2O3. The molecule has 1 N–H and O–H groups in total. The molecule has 2 aliphatic heterocycles. The SMILES string of the molecule is CCCN1CC(Oc2ccc([C@@H]3c4ccc(O)cc4CC4(CC4)N3C(=O)c3ccccc3)cc2)C1. The van der Waals surface area contributed by atoms with E-state index in [2.05, 4.69) is 28.9 Å². The number of amides is 1. The van der Waals surface area contributed by atoms with Crippen molar-refractivity contribution in [1.82, 2.24) is 9.80 Å². The zero-order chi connectivity index (χ0) is 24.0. The summed E-state index contributed by atoms with van der Waals surface area (Å²) in [6.45, 7) is 5.30. The minimum absolute atomic E-state index is 0.0673. The largest absolute Gasteiger partial charge is 0.508 e. The van der Waals surface area contributed by atoms with Gasteiger partial charge in [-0.25, -0.2) is 0 Å². The molecule has 0 aromatic heterocycles. The van der Waals surface area contributed by atoms with Gasteiger partial charge < -0.3 is 14.7 Å². The highest BCUT2D eigenvalue weighted by atomic mass is 16.5. The number of hydrogen-bond donors (Lipinski definition) is 1. The van der Waals surface area contributed by atoms with Gasteiger partial charge in [0.05, 0.1) is 6.04 Å².